The van der Waals surface area contributed by atoms with E-state index in [2.05, 4.69) is 73.6 Å². The van der Waals surface area contributed by atoms with Gasteiger partial charge in [-0.1, -0.05) is 80.6 Å². The molecule has 4 aliphatic rings. The van der Waals surface area contributed by atoms with Gasteiger partial charge >= 0.3 is 0 Å². The van der Waals surface area contributed by atoms with Gasteiger partial charge in [-0.25, -0.2) is 9.80 Å². The summed E-state index contributed by atoms with van der Waals surface area (Å²) in [5, 5.41) is 2.06. The Hall–Kier alpha value is -8.50. The number of carbonyl (C=O) groups is 4. The van der Waals surface area contributed by atoms with Gasteiger partial charge in [0, 0.05) is 51.9 Å². The molecule has 8 aromatic rings. The minimum Gasteiger partial charge on any atom is -0.457 e. The maximum Gasteiger partial charge on any atom is 0.266 e. The molecule has 0 N–H and O–H groups in total. The zero-order valence-electron chi connectivity index (χ0n) is 38.5. The number of carbonyl (C=O) groups excluding carboxylic acids is 4. The van der Waals surface area contributed by atoms with Crippen LogP contribution in [0.25, 0.3) is 21.8 Å². The summed E-state index contributed by atoms with van der Waals surface area (Å²) in [7, 11) is 0. The molecule has 1 aromatic heterocycles. The molecule has 4 heterocycles. The number of nitrogens with zero attached hydrogens (tertiary/aromatic N) is 4. The molecule has 1 aliphatic carbocycles. The standard InChI is InChI=1S/C59H46N4O6/c1-5-60-51-13-9-7-11-43(51)47-31-37(19-29-53(47)60)62-55(64)45-27-25-41(33-49(45)57(62)66)68-39-21-15-35(16-22-39)59(3,4)36-17-23-40(24-18-36)69-42-26-28-46-50(34-42)58(67)63(56(46)65)38-20-30-54-48(32-38)44-12-8-10-14-52(44)61(54)6-2/h7-34,43,51H,5-6H2,1-4H3. The fourth-order valence-corrected chi connectivity index (χ4v) is 10.8. The van der Waals surface area contributed by atoms with Crippen LogP contribution in [0, 0.1) is 0 Å². The van der Waals surface area contributed by atoms with Crippen molar-refractivity contribution in [2.24, 2.45) is 0 Å². The van der Waals surface area contributed by atoms with E-state index in [0.717, 1.165) is 57.3 Å². The van der Waals surface area contributed by atoms with E-state index in [1.807, 2.05) is 97.1 Å². The third-order valence-electron chi connectivity index (χ3n) is 14.4. The van der Waals surface area contributed by atoms with E-state index in [1.165, 1.54) is 9.80 Å². The number of para-hydroxylation sites is 1. The quantitative estimate of drug-likeness (QED) is 0.126. The van der Waals surface area contributed by atoms with Crippen LogP contribution in [0.1, 0.15) is 91.7 Å². The highest BCUT2D eigenvalue weighted by atomic mass is 16.5. The molecule has 3 aliphatic heterocycles. The Morgan fingerprint density at radius 2 is 1.01 bits per heavy atom. The molecule has 2 unspecified atom stereocenters. The van der Waals surface area contributed by atoms with Crippen LogP contribution in [0.4, 0.5) is 17.1 Å². The molecule has 7 aromatic carbocycles. The summed E-state index contributed by atoms with van der Waals surface area (Å²) >= 11 is 0. The molecule has 2 atom stereocenters. The number of fused-ring (bicyclic) bond motifs is 8. The van der Waals surface area contributed by atoms with Crippen molar-refractivity contribution in [3.63, 3.8) is 0 Å². The normalized spacial score (nSPS) is 17.0. The number of amides is 4. The first kappa shape index (κ1) is 41.9. The fourth-order valence-electron chi connectivity index (χ4n) is 10.8. The van der Waals surface area contributed by atoms with E-state index in [0.29, 0.717) is 56.6 Å². The summed E-state index contributed by atoms with van der Waals surface area (Å²) in [6.07, 6.45) is 8.52. The average Bonchev–Trinajstić information content (AvgIpc) is 4.03. The Morgan fingerprint density at radius 3 is 1.61 bits per heavy atom. The number of imide groups is 2. The molecule has 0 saturated carbocycles. The lowest BCUT2D eigenvalue weighted by atomic mass is 9.78. The van der Waals surface area contributed by atoms with Gasteiger partial charge in [0.1, 0.15) is 23.0 Å². The first-order valence-electron chi connectivity index (χ1n) is 23.4. The van der Waals surface area contributed by atoms with Gasteiger partial charge < -0.3 is 18.9 Å². The van der Waals surface area contributed by atoms with Crippen LogP contribution < -0.4 is 24.2 Å². The van der Waals surface area contributed by atoms with Crippen LogP contribution in [0.2, 0.25) is 0 Å². The van der Waals surface area contributed by atoms with Crippen LogP contribution in [0.15, 0.2) is 170 Å². The molecular weight excluding hydrogens is 861 g/mol. The molecular formula is C59H46N4O6. The second-order valence-corrected chi connectivity index (χ2v) is 18.5. The van der Waals surface area contributed by atoms with E-state index in [4.69, 9.17) is 9.47 Å². The summed E-state index contributed by atoms with van der Waals surface area (Å²) < 4.78 is 14.7. The smallest absolute Gasteiger partial charge is 0.266 e. The Bertz CT molecular complexity index is 3570. The van der Waals surface area contributed by atoms with Gasteiger partial charge in [-0.05, 0) is 134 Å². The first-order valence-corrected chi connectivity index (χ1v) is 23.4. The van der Waals surface area contributed by atoms with Crippen molar-refractivity contribution < 1.29 is 28.7 Å². The Labute approximate surface area is 398 Å². The number of rotatable bonds is 10. The first-order chi connectivity index (χ1) is 33.5. The lowest BCUT2D eigenvalue weighted by Crippen LogP contribution is -2.32. The second kappa shape index (κ2) is 15.8. The van der Waals surface area contributed by atoms with Gasteiger partial charge in [-0.15, -0.1) is 0 Å². The topological polar surface area (TPSA) is 101 Å². The van der Waals surface area contributed by atoms with E-state index in [1.54, 1.807) is 36.4 Å². The van der Waals surface area contributed by atoms with Crippen LogP contribution >= 0.6 is 0 Å². The monoisotopic (exact) mass is 906 g/mol. The number of benzene rings is 7. The number of anilines is 3. The highest BCUT2D eigenvalue weighted by Gasteiger charge is 2.41. The molecule has 4 amide bonds. The number of hydrogen-bond donors (Lipinski definition) is 0. The van der Waals surface area contributed by atoms with Crippen molar-refractivity contribution in [3.8, 4) is 23.0 Å². The van der Waals surface area contributed by atoms with Crippen molar-refractivity contribution >= 4 is 62.5 Å². The van der Waals surface area contributed by atoms with Crippen LogP contribution in [-0.4, -0.2) is 40.8 Å². The minimum atomic E-state index is -0.392. The molecule has 10 nitrogen and oxygen atoms in total. The predicted octanol–water partition coefficient (Wildman–Crippen LogP) is 12.7. The lowest BCUT2D eigenvalue weighted by Gasteiger charge is -2.27. The molecule has 338 valence electrons. The molecule has 12 rings (SSSR count). The van der Waals surface area contributed by atoms with E-state index in [9.17, 15) is 19.2 Å². The number of allylic oxidation sites excluding steroid dienone is 2. The van der Waals surface area contributed by atoms with E-state index in [-0.39, 0.29) is 35.6 Å². The summed E-state index contributed by atoms with van der Waals surface area (Å²) in [5.74, 6) is 0.780. The van der Waals surface area contributed by atoms with Gasteiger partial charge in [0.05, 0.1) is 39.7 Å². The zero-order valence-corrected chi connectivity index (χ0v) is 38.5. The van der Waals surface area contributed by atoms with Gasteiger partial charge in [0.15, 0.2) is 0 Å². The van der Waals surface area contributed by atoms with Gasteiger partial charge in [0.25, 0.3) is 23.6 Å². The molecule has 0 radical (unpaired) electrons. The van der Waals surface area contributed by atoms with Crippen LogP contribution in [0.5, 0.6) is 23.0 Å². The second-order valence-electron chi connectivity index (χ2n) is 18.5. The maximum atomic E-state index is 13.9. The molecule has 10 heteroatoms. The third kappa shape index (κ3) is 6.54. The molecule has 0 fully saturated rings. The summed E-state index contributed by atoms with van der Waals surface area (Å²) in [5.41, 5.74) is 8.50. The average molecular weight is 907 g/mol. The molecule has 0 saturated heterocycles. The number of ether oxygens (including phenoxy) is 2. The summed E-state index contributed by atoms with van der Waals surface area (Å²) in [6.45, 7) is 10.2. The molecule has 0 bridgehead atoms. The summed E-state index contributed by atoms with van der Waals surface area (Å²) in [4.78, 5) is 60.0. The minimum absolute atomic E-state index is 0.160. The lowest BCUT2D eigenvalue weighted by molar-refractivity contribution is 0.0910. The third-order valence-corrected chi connectivity index (χ3v) is 14.4. The molecule has 0 spiro atoms. The van der Waals surface area contributed by atoms with Gasteiger partial charge in [0.2, 0.25) is 0 Å². The number of aromatic nitrogens is 1. The van der Waals surface area contributed by atoms with E-state index < -0.39 is 5.41 Å². The highest BCUT2D eigenvalue weighted by molar-refractivity contribution is 6.35. The highest BCUT2D eigenvalue weighted by Crippen LogP contribution is 2.46. The van der Waals surface area contributed by atoms with Crippen molar-refractivity contribution in [1.82, 2.24) is 4.57 Å². The number of likely N-dealkylation sites (N-methyl/N-ethyl adjacent to an activating group) is 1. The van der Waals surface area contributed by atoms with E-state index >= 15 is 0 Å². The SMILES string of the molecule is CCN1c2ccc(N3C(=O)c4ccc(Oc5ccc(C(C)(C)c6ccc(Oc7ccc8c(c7)C(=O)N(c7ccc9c(c7)c7ccccc7n9CC)C8=O)cc6)cc5)cc4C3=O)cc2C2C=CC=CC21. The van der Waals surface area contributed by atoms with Crippen molar-refractivity contribution in [2.75, 3.05) is 21.2 Å². The van der Waals surface area contributed by atoms with Crippen LogP contribution in [-0.2, 0) is 12.0 Å². The summed E-state index contributed by atoms with van der Waals surface area (Å²) in [6, 6.07) is 45.8. The largest absolute Gasteiger partial charge is 0.457 e. The Balaban J connectivity index is 0.714. The van der Waals surface area contributed by atoms with Crippen LogP contribution in [0.3, 0.4) is 0 Å². The van der Waals surface area contributed by atoms with Crippen molar-refractivity contribution in [3.05, 3.63) is 209 Å². The fraction of sp³-hybridized carbons (Fsp3) is 0.153. The number of aryl methyl sites for hydroxylation is 1. The van der Waals surface area contributed by atoms with Gasteiger partial charge in [-0.3, -0.25) is 19.2 Å². The van der Waals surface area contributed by atoms with Crippen molar-refractivity contribution in [1.29, 1.82) is 0 Å². The Kier molecular flexibility index (Phi) is 9.60. The predicted molar refractivity (Wildman–Crippen MR) is 270 cm³/mol. The zero-order chi connectivity index (χ0) is 47.3. The van der Waals surface area contributed by atoms with Crippen molar-refractivity contribution in [2.45, 2.75) is 51.6 Å². The maximum absolute atomic E-state index is 13.9. The van der Waals surface area contributed by atoms with Gasteiger partial charge in [-0.2, -0.15) is 0 Å². The molecule has 69 heavy (non-hydrogen) atoms. The Morgan fingerprint density at radius 1 is 0.493 bits per heavy atom. The number of hydrogen-bond acceptors (Lipinski definition) is 7.